The standard InChI is InChI=1S/C18H19N5O3S2/c1-2-28(25,26)23-9-8-13-16(11-23)27-18(19-13)20-17(24)15-10-14(21-22-15)12-6-4-3-5-7-12/h3-7,10H,2,8-9,11H2,1H3,(H,21,22)(H,19,20,24). The molecule has 3 aromatic rings. The number of anilines is 1. The number of rotatable bonds is 5. The van der Waals surface area contributed by atoms with Gasteiger partial charge in [0.05, 0.1) is 17.1 Å². The van der Waals surface area contributed by atoms with Gasteiger partial charge in [-0.3, -0.25) is 15.2 Å². The van der Waals surface area contributed by atoms with Crippen molar-refractivity contribution in [2.45, 2.75) is 19.9 Å². The molecule has 0 saturated carbocycles. The molecule has 1 aromatic carbocycles. The quantitative estimate of drug-likeness (QED) is 0.663. The van der Waals surface area contributed by atoms with Gasteiger partial charge in [-0.05, 0) is 13.0 Å². The molecule has 0 saturated heterocycles. The Morgan fingerprint density at radius 3 is 2.86 bits per heavy atom. The van der Waals surface area contributed by atoms with Crippen LogP contribution in [0.15, 0.2) is 36.4 Å². The van der Waals surface area contributed by atoms with E-state index in [1.54, 1.807) is 13.0 Å². The SMILES string of the molecule is CCS(=O)(=O)N1CCc2nc(NC(=O)c3cc(-c4ccccc4)n[nH]3)sc2C1. The fraction of sp³-hybridized carbons (Fsp3) is 0.278. The van der Waals surface area contributed by atoms with Gasteiger partial charge in [-0.25, -0.2) is 13.4 Å². The highest BCUT2D eigenvalue weighted by Gasteiger charge is 2.28. The normalized spacial score (nSPS) is 14.6. The molecule has 3 heterocycles. The molecule has 1 aliphatic rings. The third-order valence-electron chi connectivity index (χ3n) is 4.57. The van der Waals surface area contributed by atoms with Gasteiger partial charge >= 0.3 is 0 Å². The zero-order valence-electron chi connectivity index (χ0n) is 15.2. The number of fused-ring (bicyclic) bond motifs is 1. The van der Waals surface area contributed by atoms with Crippen LogP contribution in [0.5, 0.6) is 0 Å². The molecule has 1 amide bonds. The summed E-state index contributed by atoms with van der Waals surface area (Å²) < 4.78 is 25.6. The summed E-state index contributed by atoms with van der Waals surface area (Å²) in [6.45, 7) is 2.36. The van der Waals surface area contributed by atoms with E-state index in [2.05, 4.69) is 20.5 Å². The lowest BCUT2D eigenvalue weighted by Gasteiger charge is -2.24. The molecule has 0 unspecified atom stereocenters. The number of aromatic nitrogens is 3. The number of benzene rings is 1. The minimum absolute atomic E-state index is 0.0777. The van der Waals surface area contributed by atoms with Crippen molar-refractivity contribution in [3.8, 4) is 11.3 Å². The lowest BCUT2D eigenvalue weighted by Crippen LogP contribution is -2.36. The number of H-pyrrole nitrogens is 1. The van der Waals surface area contributed by atoms with E-state index >= 15 is 0 Å². The topological polar surface area (TPSA) is 108 Å². The molecule has 0 bridgehead atoms. The second-order valence-corrected chi connectivity index (χ2v) is 9.70. The number of carbonyl (C=O) groups excluding carboxylic acids is 1. The molecule has 8 nitrogen and oxygen atoms in total. The third-order valence-corrected chi connectivity index (χ3v) is 7.39. The average Bonchev–Trinajstić information content (AvgIpc) is 3.35. The van der Waals surface area contributed by atoms with Crippen molar-refractivity contribution in [3.63, 3.8) is 0 Å². The van der Waals surface area contributed by atoms with Crippen molar-refractivity contribution in [1.29, 1.82) is 0 Å². The molecule has 2 N–H and O–H groups in total. The van der Waals surface area contributed by atoms with Crippen molar-refractivity contribution >= 4 is 32.4 Å². The summed E-state index contributed by atoms with van der Waals surface area (Å²) in [6, 6.07) is 11.3. The number of amides is 1. The van der Waals surface area contributed by atoms with Gasteiger partial charge in [0.2, 0.25) is 10.0 Å². The second kappa shape index (κ2) is 7.46. The van der Waals surface area contributed by atoms with Crippen LogP contribution in [0, 0.1) is 0 Å². The van der Waals surface area contributed by atoms with Crippen LogP contribution in [0.4, 0.5) is 5.13 Å². The fourth-order valence-corrected chi connectivity index (χ4v) is 5.17. The molecule has 28 heavy (non-hydrogen) atoms. The predicted octanol–water partition coefficient (Wildman–Crippen LogP) is 2.49. The van der Waals surface area contributed by atoms with E-state index in [9.17, 15) is 13.2 Å². The minimum Gasteiger partial charge on any atom is -0.296 e. The Balaban J connectivity index is 1.48. The molecule has 146 valence electrons. The summed E-state index contributed by atoms with van der Waals surface area (Å²) in [5.41, 5.74) is 2.78. The van der Waals surface area contributed by atoms with E-state index in [1.807, 2.05) is 30.3 Å². The average molecular weight is 418 g/mol. The van der Waals surface area contributed by atoms with E-state index in [0.29, 0.717) is 36.0 Å². The van der Waals surface area contributed by atoms with Gasteiger partial charge in [0.15, 0.2) is 5.13 Å². The maximum atomic E-state index is 12.5. The number of nitrogens with one attached hydrogen (secondary N) is 2. The van der Waals surface area contributed by atoms with Crippen LogP contribution in [0.2, 0.25) is 0 Å². The molecule has 0 aliphatic carbocycles. The van der Waals surface area contributed by atoms with E-state index in [-0.39, 0.29) is 11.7 Å². The lowest BCUT2D eigenvalue weighted by atomic mass is 10.1. The zero-order chi connectivity index (χ0) is 19.7. The van der Waals surface area contributed by atoms with Gasteiger partial charge in [-0.2, -0.15) is 9.40 Å². The van der Waals surface area contributed by atoms with Crippen molar-refractivity contribution in [2.75, 3.05) is 17.6 Å². The van der Waals surface area contributed by atoms with Crippen molar-refractivity contribution < 1.29 is 13.2 Å². The van der Waals surface area contributed by atoms with Crippen LogP contribution >= 0.6 is 11.3 Å². The van der Waals surface area contributed by atoms with Crippen LogP contribution < -0.4 is 5.32 Å². The number of aromatic amines is 1. The van der Waals surface area contributed by atoms with E-state index in [4.69, 9.17) is 0 Å². The zero-order valence-corrected chi connectivity index (χ0v) is 16.8. The van der Waals surface area contributed by atoms with E-state index < -0.39 is 10.0 Å². The molecule has 4 rings (SSSR count). The summed E-state index contributed by atoms with van der Waals surface area (Å²) in [5, 5.41) is 10.2. The summed E-state index contributed by atoms with van der Waals surface area (Å²) in [6.07, 6.45) is 0.545. The molecule has 0 spiro atoms. The largest absolute Gasteiger partial charge is 0.296 e. The van der Waals surface area contributed by atoms with Crippen LogP contribution in [0.1, 0.15) is 28.0 Å². The van der Waals surface area contributed by atoms with Crippen molar-refractivity contribution in [2.24, 2.45) is 0 Å². The number of thiazole rings is 1. The summed E-state index contributed by atoms with van der Waals surface area (Å²) in [4.78, 5) is 17.8. The van der Waals surface area contributed by atoms with Crippen LogP contribution in [0.3, 0.4) is 0 Å². The van der Waals surface area contributed by atoms with Crippen molar-refractivity contribution in [1.82, 2.24) is 19.5 Å². The molecule has 1 aliphatic heterocycles. The Bertz CT molecular complexity index is 1110. The molecule has 0 radical (unpaired) electrons. The first-order valence-electron chi connectivity index (χ1n) is 8.85. The van der Waals surface area contributed by atoms with Crippen molar-refractivity contribution in [3.05, 3.63) is 52.7 Å². The number of sulfonamides is 1. The Labute approximate surface area is 166 Å². The first-order chi connectivity index (χ1) is 13.5. The molecule has 10 heteroatoms. The number of hydrogen-bond acceptors (Lipinski definition) is 6. The maximum Gasteiger partial charge on any atom is 0.275 e. The van der Waals surface area contributed by atoms with Gasteiger partial charge in [0.1, 0.15) is 5.69 Å². The monoisotopic (exact) mass is 417 g/mol. The molecular weight excluding hydrogens is 398 g/mol. The van der Waals surface area contributed by atoms with Crippen LogP contribution in [0.25, 0.3) is 11.3 Å². The molecule has 0 fully saturated rings. The molecule has 2 aromatic heterocycles. The van der Waals surface area contributed by atoms with Gasteiger partial charge < -0.3 is 0 Å². The highest BCUT2D eigenvalue weighted by Crippen LogP contribution is 2.30. The Hall–Kier alpha value is -2.56. The summed E-state index contributed by atoms with van der Waals surface area (Å²) in [7, 11) is -3.23. The van der Waals surface area contributed by atoms with Gasteiger partial charge in [-0.1, -0.05) is 30.3 Å². The highest BCUT2D eigenvalue weighted by atomic mass is 32.2. The first-order valence-corrected chi connectivity index (χ1v) is 11.3. The Morgan fingerprint density at radius 2 is 2.11 bits per heavy atom. The lowest BCUT2D eigenvalue weighted by molar-refractivity contribution is 0.102. The Morgan fingerprint density at radius 1 is 1.32 bits per heavy atom. The maximum absolute atomic E-state index is 12.5. The van der Waals surface area contributed by atoms with E-state index in [0.717, 1.165) is 16.1 Å². The van der Waals surface area contributed by atoms with Crippen LogP contribution in [-0.4, -0.2) is 46.1 Å². The number of carbonyl (C=O) groups is 1. The Kier molecular flexibility index (Phi) is 5.00. The van der Waals surface area contributed by atoms with Crippen LogP contribution in [-0.2, 0) is 23.0 Å². The van der Waals surface area contributed by atoms with Gasteiger partial charge in [-0.15, -0.1) is 11.3 Å². The fourth-order valence-electron chi connectivity index (χ4n) is 3.00. The summed E-state index contributed by atoms with van der Waals surface area (Å²) >= 11 is 1.31. The molecular formula is C18H19N5O3S2. The highest BCUT2D eigenvalue weighted by molar-refractivity contribution is 7.89. The van der Waals surface area contributed by atoms with Gasteiger partial charge in [0.25, 0.3) is 5.91 Å². The second-order valence-electron chi connectivity index (χ2n) is 6.36. The number of hydrogen-bond donors (Lipinski definition) is 2. The minimum atomic E-state index is -3.23. The molecule has 0 atom stereocenters. The third kappa shape index (κ3) is 3.71. The van der Waals surface area contributed by atoms with E-state index in [1.165, 1.54) is 15.6 Å². The first kappa shape index (κ1) is 18.8. The van der Waals surface area contributed by atoms with Gasteiger partial charge in [0, 0.05) is 30.0 Å². The number of nitrogens with zero attached hydrogens (tertiary/aromatic N) is 3. The predicted molar refractivity (Wildman–Crippen MR) is 108 cm³/mol. The smallest absolute Gasteiger partial charge is 0.275 e. The summed E-state index contributed by atoms with van der Waals surface area (Å²) in [5.74, 6) is -0.257.